The fourth-order valence-corrected chi connectivity index (χ4v) is 4.86. The second-order valence-electron chi connectivity index (χ2n) is 8.56. The van der Waals surface area contributed by atoms with Gasteiger partial charge in [-0.3, -0.25) is 9.59 Å². The molecule has 0 aliphatic carbocycles. The van der Waals surface area contributed by atoms with Gasteiger partial charge in [0.25, 0.3) is 5.91 Å². The van der Waals surface area contributed by atoms with Crippen molar-refractivity contribution in [3.63, 3.8) is 0 Å². The number of halogens is 1. The number of hydrogen-bond donors (Lipinski definition) is 1. The van der Waals surface area contributed by atoms with Gasteiger partial charge in [0.1, 0.15) is 0 Å². The summed E-state index contributed by atoms with van der Waals surface area (Å²) in [5.41, 5.74) is 2.20. The summed E-state index contributed by atoms with van der Waals surface area (Å²) in [6, 6.07) is 11.7. The molecule has 1 unspecified atom stereocenters. The van der Waals surface area contributed by atoms with Crippen molar-refractivity contribution in [1.29, 1.82) is 0 Å². The van der Waals surface area contributed by atoms with Gasteiger partial charge in [-0.05, 0) is 43.9 Å². The van der Waals surface area contributed by atoms with E-state index in [2.05, 4.69) is 50.3 Å². The van der Waals surface area contributed by atoms with E-state index in [1.165, 1.54) is 16.9 Å². The Balaban J connectivity index is 1.59. The Morgan fingerprint density at radius 2 is 1.93 bits per heavy atom. The molecule has 1 aliphatic rings. The third-order valence-electron chi connectivity index (χ3n) is 5.23. The maximum absolute atomic E-state index is 12.5. The van der Waals surface area contributed by atoms with Gasteiger partial charge in [0.05, 0.1) is 9.21 Å². The van der Waals surface area contributed by atoms with E-state index in [1.807, 2.05) is 17.0 Å². The Morgan fingerprint density at radius 1 is 1.24 bits per heavy atom. The number of nitrogens with one attached hydrogen (secondary N) is 1. The molecule has 5 nitrogen and oxygen atoms in total. The topological polar surface area (TPSA) is 52.6 Å². The first-order valence-corrected chi connectivity index (χ1v) is 10.9. The second kappa shape index (κ2) is 8.86. The molecule has 7 heteroatoms. The Labute approximate surface area is 181 Å². The van der Waals surface area contributed by atoms with Crippen molar-refractivity contribution < 1.29 is 9.59 Å². The second-order valence-corrected chi connectivity index (χ2v) is 10.3. The number of thiophene rings is 1. The van der Waals surface area contributed by atoms with E-state index in [0.717, 1.165) is 12.2 Å². The van der Waals surface area contributed by atoms with E-state index in [-0.39, 0.29) is 23.1 Å². The fourth-order valence-electron chi connectivity index (χ4n) is 3.90. The van der Waals surface area contributed by atoms with Crippen LogP contribution in [0.4, 0.5) is 5.69 Å². The molecule has 1 atom stereocenters. The Hall–Kier alpha value is -1.89. The normalized spacial score (nSPS) is 17.2. The van der Waals surface area contributed by atoms with Crippen LogP contribution in [0.3, 0.4) is 0 Å². The summed E-state index contributed by atoms with van der Waals surface area (Å²) < 4.78 is 0.592. The summed E-state index contributed by atoms with van der Waals surface area (Å²) in [6.07, 6.45) is 0.444. The number of carbonyl (C=O) groups is 2. The number of anilines is 1. The van der Waals surface area contributed by atoms with Gasteiger partial charge >= 0.3 is 0 Å². The molecular weight excluding hydrogens is 406 g/mol. The highest BCUT2D eigenvalue weighted by atomic mass is 35.5. The minimum absolute atomic E-state index is 0.0363. The van der Waals surface area contributed by atoms with Crippen LogP contribution in [-0.2, 0) is 10.2 Å². The zero-order valence-electron chi connectivity index (χ0n) is 17.4. The third kappa shape index (κ3) is 5.38. The molecule has 1 aromatic carbocycles. The molecule has 2 heterocycles. The predicted octanol–water partition coefficient (Wildman–Crippen LogP) is 4.02. The van der Waals surface area contributed by atoms with Crippen LogP contribution in [0, 0.1) is 5.92 Å². The van der Waals surface area contributed by atoms with Crippen LogP contribution in [0.5, 0.6) is 0 Å². The van der Waals surface area contributed by atoms with Gasteiger partial charge < -0.3 is 15.1 Å². The van der Waals surface area contributed by atoms with Gasteiger partial charge in [-0.15, -0.1) is 11.3 Å². The van der Waals surface area contributed by atoms with Crippen LogP contribution < -0.4 is 10.2 Å². The van der Waals surface area contributed by atoms with Crippen LogP contribution in [-0.4, -0.2) is 50.4 Å². The standard InChI is InChI=1S/C22H28ClN3O2S/c1-22(2,14-25(3)4)16-5-7-17(8-6-16)26-13-15(11-20(26)27)12-24-21(28)18-9-10-19(23)29-18/h5-10,15H,11-14H2,1-4H3,(H,24,28). The number of rotatable bonds is 7. The molecule has 1 aliphatic heterocycles. The van der Waals surface area contributed by atoms with E-state index in [1.54, 1.807) is 12.1 Å². The molecule has 3 rings (SSSR count). The lowest BCUT2D eigenvalue weighted by Gasteiger charge is -2.29. The predicted molar refractivity (Wildman–Crippen MR) is 120 cm³/mol. The van der Waals surface area contributed by atoms with Gasteiger partial charge in [-0.25, -0.2) is 0 Å². The molecule has 29 heavy (non-hydrogen) atoms. The highest BCUT2D eigenvalue weighted by Crippen LogP contribution is 2.29. The van der Waals surface area contributed by atoms with E-state index in [0.29, 0.717) is 28.7 Å². The lowest BCUT2D eigenvalue weighted by molar-refractivity contribution is -0.117. The molecule has 1 fully saturated rings. The van der Waals surface area contributed by atoms with Crippen molar-refractivity contribution in [2.75, 3.05) is 38.6 Å². The summed E-state index contributed by atoms with van der Waals surface area (Å²) in [4.78, 5) is 29.3. The van der Waals surface area contributed by atoms with E-state index in [4.69, 9.17) is 11.6 Å². The summed E-state index contributed by atoms with van der Waals surface area (Å²) in [7, 11) is 4.15. The lowest BCUT2D eigenvalue weighted by Crippen LogP contribution is -2.32. The van der Waals surface area contributed by atoms with E-state index >= 15 is 0 Å². The number of benzene rings is 1. The number of hydrogen-bond acceptors (Lipinski definition) is 4. The van der Waals surface area contributed by atoms with E-state index < -0.39 is 0 Å². The van der Waals surface area contributed by atoms with Gasteiger partial charge in [0, 0.05) is 43.1 Å². The Morgan fingerprint density at radius 3 is 2.52 bits per heavy atom. The summed E-state index contributed by atoms with van der Waals surface area (Å²) in [5.74, 6) is 0.0655. The molecule has 0 bridgehead atoms. The van der Waals surface area contributed by atoms with Crippen molar-refractivity contribution in [2.45, 2.75) is 25.7 Å². The molecule has 0 radical (unpaired) electrons. The monoisotopic (exact) mass is 433 g/mol. The maximum atomic E-state index is 12.5. The first-order valence-electron chi connectivity index (χ1n) is 9.75. The average Bonchev–Trinajstić information content (AvgIpc) is 3.24. The smallest absolute Gasteiger partial charge is 0.261 e. The van der Waals surface area contributed by atoms with Crippen molar-refractivity contribution in [3.8, 4) is 0 Å². The van der Waals surface area contributed by atoms with Crippen molar-refractivity contribution in [2.24, 2.45) is 5.92 Å². The van der Waals surface area contributed by atoms with Crippen LogP contribution >= 0.6 is 22.9 Å². The number of nitrogens with zero attached hydrogens (tertiary/aromatic N) is 2. The van der Waals surface area contributed by atoms with Gasteiger partial charge in [0.15, 0.2) is 0 Å². The van der Waals surface area contributed by atoms with E-state index in [9.17, 15) is 9.59 Å². The van der Waals surface area contributed by atoms with Crippen LogP contribution in [0.2, 0.25) is 4.34 Å². The number of amides is 2. The van der Waals surface area contributed by atoms with Crippen LogP contribution in [0.25, 0.3) is 0 Å². The third-order valence-corrected chi connectivity index (χ3v) is 6.46. The molecule has 1 N–H and O–H groups in total. The van der Waals surface area contributed by atoms with Crippen molar-refractivity contribution in [1.82, 2.24) is 10.2 Å². The van der Waals surface area contributed by atoms with Gasteiger partial charge in [-0.2, -0.15) is 0 Å². The Kier molecular flexibility index (Phi) is 6.66. The van der Waals surface area contributed by atoms with Crippen molar-refractivity contribution >= 4 is 40.4 Å². The molecule has 0 saturated carbocycles. The molecule has 0 spiro atoms. The SMILES string of the molecule is CN(C)CC(C)(C)c1ccc(N2CC(CNC(=O)c3ccc(Cl)s3)CC2=O)cc1. The fraction of sp³-hybridized carbons (Fsp3) is 0.455. The van der Waals surface area contributed by atoms with Crippen LogP contribution in [0.1, 0.15) is 35.5 Å². The average molecular weight is 434 g/mol. The molecule has 1 aromatic heterocycles. The zero-order chi connectivity index (χ0) is 21.2. The number of likely N-dealkylation sites (N-methyl/N-ethyl adjacent to an activating group) is 1. The quantitative estimate of drug-likeness (QED) is 0.717. The highest BCUT2D eigenvalue weighted by Gasteiger charge is 2.31. The lowest BCUT2D eigenvalue weighted by atomic mass is 9.84. The minimum Gasteiger partial charge on any atom is -0.351 e. The first kappa shape index (κ1) is 21.8. The highest BCUT2D eigenvalue weighted by molar-refractivity contribution is 7.17. The first-order chi connectivity index (χ1) is 13.7. The summed E-state index contributed by atoms with van der Waals surface area (Å²) in [5, 5.41) is 2.92. The van der Waals surface area contributed by atoms with Crippen LogP contribution in [0.15, 0.2) is 36.4 Å². The largest absolute Gasteiger partial charge is 0.351 e. The molecule has 2 amide bonds. The maximum Gasteiger partial charge on any atom is 0.261 e. The summed E-state index contributed by atoms with van der Waals surface area (Å²) >= 11 is 7.14. The van der Waals surface area contributed by atoms with Crippen molar-refractivity contribution in [3.05, 3.63) is 51.2 Å². The molecule has 1 saturated heterocycles. The zero-order valence-corrected chi connectivity index (χ0v) is 18.9. The molecular formula is C22H28ClN3O2S. The van der Waals surface area contributed by atoms with Gasteiger partial charge in [0.2, 0.25) is 5.91 Å². The minimum atomic E-state index is -0.139. The molecule has 2 aromatic rings. The Bertz CT molecular complexity index is 876. The molecule has 156 valence electrons. The van der Waals surface area contributed by atoms with Gasteiger partial charge in [-0.1, -0.05) is 37.6 Å². The summed E-state index contributed by atoms with van der Waals surface area (Å²) in [6.45, 7) is 6.49. The number of carbonyl (C=O) groups excluding carboxylic acids is 2.